The normalized spacial score (nSPS) is 10.9. The van der Waals surface area contributed by atoms with Gasteiger partial charge in [0.2, 0.25) is 0 Å². The Bertz CT molecular complexity index is 1650. The second-order valence-corrected chi connectivity index (χ2v) is 8.42. The summed E-state index contributed by atoms with van der Waals surface area (Å²) in [6.07, 6.45) is 2.07. The molecule has 0 saturated heterocycles. The number of benzene rings is 3. The summed E-state index contributed by atoms with van der Waals surface area (Å²) in [5, 5.41) is 0.633. The molecule has 0 saturated carbocycles. The standard InChI is InChI=1S/C29H24FN3O4/c1-17-28(29(34)33-27(32-17)13-18-7-5-4-6-8-18)19-9-10-24(21(30)14-19)37-23-11-12-31-22-16-26(36-3)25(35-2)15-20(22)23/h4-12,14-16H,13H2,1-3H3,(H,32,33,34). The Morgan fingerprint density at radius 1 is 0.892 bits per heavy atom. The predicted molar refractivity (Wildman–Crippen MR) is 139 cm³/mol. The average molecular weight is 498 g/mol. The van der Waals surface area contributed by atoms with Crippen molar-refractivity contribution in [2.24, 2.45) is 0 Å². The Morgan fingerprint density at radius 2 is 1.65 bits per heavy atom. The Kier molecular flexibility index (Phi) is 6.55. The predicted octanol–water partition coefficient (Wildman–Crippen LogP) is 5.83. The van der Waals surface area contributed by atoms with Crippen LogP contribution in [-0.2, 0) is 6.42 Å². The highest BCUT2D eigenvalue weighted by Crippen LogP contribution is 2.37. The number of methoxy groups -OCH3 is 2. The number of halogens is 1. The van der Waals surface area contributed by atoms with E-state index < -0.39 is 5.82 Å². The number of nitrogens with one attached hydrogen (secondary N) is 1. The molecule has 0 atom stereocenters. The second-order valence-electron chi connectivity index (χ2n) is 8.42. The SMILES string of the molecule is COc1cc2nccc(Oc3ccc(-c4c(C)nc(Cc5ccccc5)[nH]c4=O)cc3F)c2cc1OC. The molecule has 186 valence electrons. The number of aromatic amines is 1. The van der Waals surface area contributed by atoms with Gasteiger partial charge in [0.1, 0.15) is 11.6 Å². The third-order valence-corrected chi connectivity index (χ3v) is 6.01. The first kappa shape index (κ1) is 24.0. The number of H-pyrrole nitrogens is 1. The van der Waals surface area contributed by atoms with E-state index in [1.54, 1.807) is 44.5 Å². The number of aromatic nitrogens is 3. The van der Waals surface area contributed by atoms with Crippen molar-refractivity contribution < 1.29 is 18.6 Å². The molecule has 1 N–H and O–H groups in total. The van der Waals surface area contributed by atoms with Crippen LogP contribution >= 0.6 is 0 Å². The van der Waals surface area contributed by atoms with E-state index >= 15 is 4.39 Å². The summed E-state index contributed by atoms with van der Waals surface area (Å²) in [4.78, 5) is 24.6. The van der Waals surface area contributed by atoms with Crippen molar-refractivity contribution in [2.45, 2.75) is 13.3 Å². The Hall–Kier alpha value is -4.72. The molecule has 0 bridgehead atoms. The number of pyridine rings is 1. The third-order valence-electron chi connectivity index (χ3n) is 6.01. The number of nitrogens with zero attached hydrogens (tertiary/aromatic N) is 2. The molecule has 0 aliphatic heterocycles. The first-order valence-corrected chi connectivity index (χ1v) is 11.6. The fourth-order valence-electron chi connectivity index (χ4n) is 4.25. The molecule has 2 aromatic heterocycles. The number of hydrogen-bond acceptors (Lipinski definition) is 6. The minimum absolute atomic E-state index is 0.00812. The third kappa shape index (κ3) is 4.86. The van der Waals surface area contributed by atoms with Crippen molar-refractivity contribution in [3.05, 3.63) is 106 Å². The smallest absolute Gasteiger partial charge is 0.259 e. The lowest BCUT2D eigenvalue weighted by Gasteiger charge is -2.13. The van der Waals surface area contributed by atoms with Crippen molar-refractivity contribution in [3.8, 4) is 34.1 Å². The number of rotatable bonds is 7. The van der Waals surface area contributed by atoms with Gasteiger partial charge >= 0.3 is 0 Å². The molecule has 0 aliphatic carbocycles. The Labute approximate surface area is 212 Å². The van der Waals surface area contributed by atoms with Gasteiger partial charge in [-0.2, -0.15) is 0 Å². The van der Waals surface area contributed by atoms with E-state index in [0.29, 0.717) is 57.2 Å². The molecule has 0 aliphatic rings. The van der Waals surface area contributed by atoms with E-state index in [2.05, 4.69) is 15.0 Å². The van der Waals surface area contributed by atoms with Crippen molar-refractivity contribution >= 4 is 10.9 Å². The lowest BCUT2D eigenvalue weighted by Crippen LogP contribution is -2.16. The quantitative estimate of drug-likeness (QED) is 0.304. The summed E-state index contributed by atoms with van der Waals surface area (Å²) >= 11 is 0. The van der Waals surface area contributed by atoms with E-state index in [1.165, 1.54) is 19.2 Å². The highest BCUT2D eigenvalue weighted by molar-refractivity contribution is 5.88. The van der Waals surface area contributed by atoms with Crippen molar-refractivity contribution in [1.29, 1.82) is 0 Å². The zero-order valence-corrected chi connectivity index (χ0v) is 20.5. The van der Waals surface area contributed by atoms with Crippen molar-refractivity contribution in [1.82, 2.24) is 15.0 Å². The Balaban J connectivity index is 1.45. The highest BCUT2D eigenvalue weighted by Gasteiger charge is 2.16. The minimum atomic E-state index is -0.616. The molecule has 0 amide bonds. The molecular formula is C29H24FN3O4. The van der Waals surface area contributed by atoms with Gasteiger partial charge in [0.05, 0.1) is 31.0 Å². The maximum absolute atomic E-state index is 15.2. The lowest BCUT2D eigenvalue weighted by molar-refractivity contribution is 0.355. The molecule has 2 heterocycles. The van der Waals surface area contributed by atoms with Gasteiger partial charge in [-0.25, -0.2) is 9.37 Å². The fourth-order valence-corrected chi connectivity index (χ4v) is 4.25. The summed E-state index contributed by atoms with van der Waals surface area (Å²) in [5.41, 5.74) is 2.56. The van der Waals surface area contributed by atoms with E-state index in [4.69, 9.17) is 14.2 Å². The minimum Gasteiger partial charge on any atom is -0.493 e. The van der Waals surface area contributed by atoms with Gasteiger partial charge in [-0.15, -0.1) is 0 Å². The van der Waals surface area contributed by atoms with Crippen LogP contribution in [0.1, 0.15) is 17.1 Å². The van der Waals surface area contributed by atoms with Gasteiger partial charge in [-0.3, -0.25) is 9.78 Å². The average Bonchev–Trinajstić information content (AvgIpc) is 2.89. The first-order valence-electron chi connectivity index (χ1n) is 11.6. The number of ether oxygens (including phenoxy) is 3. The molecule has 37 heavy (non-hydrogen) atoms. The summed E-state index contributed by atoms with van der Waals surface area (Å²) in [6.45, 7) is 1.74. The van der Waals surface area contributed by atoms with Gasteiger partial charge in [0.25, 0.3) is 5.56 Å². The second kappa shape index (κ2) is 10.1. The molecule has 7 nitrogen and oxygen atoms in total. The van der Waals surface area contributed by atoms with Crippen LogP contribution in [0, 0.1) is 12.7 Å². The molecule has 0 unspecified atom stereocenters. The molecule has 3 aromatic carbocycles. The van der Waals surface area contributed by atoms with Crippen LogP contribution in [0.2, 0.25) is 0 Å². The maximum Gasteiger partial charge on any atom is 0.259 e. The van der Waals surface area contributed by atoms with Crippen LogP contribution in [-0.4, -0.2) is 29.2 Å². The molecule has 8 heteroatoms. The Morgan fingerprint density at radius 3 is 2.35 bits per heavy atom. The van der Waals surface area contributed by atoms with Crippen LogP contribution < -0.4 is 19.8 Å². The van der Waals surface area contributed by atoms with E-state index in [-0.39, 0.29) is 11.3 Å². The van der Waals surface area contributed by atoms with Crippen LogP contribution in [0.3, 0.4) is 0 Å². The molecule has 0 fully saturated rings. The largest absolute Gasteiger partial charge is 0.493 e. The molecule has 0 radical (unpaired) electrons. The van der Waals surface area contributed by atoms with E-state index in [0.717, 1.165) is 5.56 Å². The molecule has 0 spiro atoms. The molecule has 5 rings (SSSR count). The summed E-state index contributed by atoms with van der Waals surface area (Å²) in [5.74, 6) is 1.37. The number of fused-ring (bicyclic) bond motifs is 1. The van der Waals surface area contributed by atoms with Crippen molar-refractivity contribution in [2.75, 3.05) is 14.2 Å². The van der Waals surface area contributed by atoms with Gasteiger partial charge in [-0.05, 0) is 42.3 Å². The molecule has 5 aromatic rings. The van der Waals surface area contributed by atoms with Crippen LogP contribution in [0.4, 0.5) is 4.39 Å². The van der Waals surface area contributed by atoms with Gasteiger partial charge in [0, 0.05) is 24.1 Å². The van der Waals surface area contributed by atoms with E-state index in [1.807, 2.05) is 30.3 Å². The summed E-state index contributed by atoms with van der Waals surface area (Å²) < 4.78 is 31.8. The highest BCUT2D eigenvalue weighted by atomic mass is 19.1. The van der Waals surface area contributed by atoms with Gasteiger partial charge < -0.3 is 19.2 Å². The topological polar surface area (TPSA) is 86.3 Å². The molecular weight excluding hydrogens is 473 g/mol. The monoisotopic (exact) mass is 497 g/mol. The maximum atomic E-state index is 15.2. The summed E-state index contributed by atoms with van der Waals surface area (Å²) in [6, 6.07) is 19.2. The summed E-state index contributed by atoms with van der Waals surface area (Å²) in [7, 11) is 3.08. The van der Waals surface area contributed by atoms with E-state index in [9.17, 15) is 4.79 Å². The zero-order chi connectivity index (χ0) is 25.9. The fraction of sp³-hybridized carbons (Fsp3) is 0.138. The first-order chi connectivity index (χ1) is 18.0. The lowest BCUT2D eigenvalue weighted by atomic mass is 10.0. The van der Waals surface area contributed by atoms with Crippen molar-refractivity contribution in [3.63, 3.8) is 0 Å². The van der Waals surface area contributed by atoms with Crippen LogP contribution in [0.15, 0.2) is 77.7 Å². The number of hydrogen-bond donors (Lipinski definition) is 1. The number of aryl methyl sites for hydroxylation is 1. The zero-order valence-electron chi connectivity index (χ0n) is 20.5. The van der Waals surface area contributed by atoms with Gasteiger partial charge in [-0.1, -0.05) is 36.4 Å². The van der Waals surface area contributed by atoms with Crippen LogP contribution in [0.25, 0.3) is 22.0 Å². The van der Waals surface area contributed by atoms with Crippen LogP contribution in [0.5, 0.6) is 23.0 Å². The van der Waals surface area contributed by atoms with Gasteiger partial charge in [0.15, 0.2) is 23.1 Å².